The number of amides is 1. The predicted molar refractivity (Wildman–Crippen MR) is 123 cm³/mol. The summed E-state index contributed by atoms with van der Waals surface area (Å²) in [7, 11) is 0. The van der Waals surface area contributed by atoms with Crippen LogP contribution in [0.2, 0.25) is 0 Å². The smallest absolute Gasteiger partial charge is 0.248 e. The molecule has 3 heterocycles. The topological polar surface area (TPSA) is 115 Å². The molecule has 178 valence electrons. The van der Waals surface area contributed by atoms with E-state index in [0.717, 1.165) is 36.6 Å². The Labute approximate surface area is 195 Å². The van der Waals surface area contributed by atoms with Crippen molar-refractivity contribution in [2.45, 2.75) is 64.0 Å². The zero-order valence-corrected chi connectivity index (χ0v) is 18.8. The van der Waals surface area contributed by atoms with Gasteiger partial charge in [0.2, 0.25) is 18.3 Å². The van der Waals surface area contributed by atoms with Crippen LogP contribution in [0.4, 0.5) is 26.2 Å². The Morgan fingerprint density at radius 2 is 2.09 bits per heavy atom. The number of carbonyl (C=O) groups is 1. The van der Waals surface area contributed by atoms with E-state index in [1.165, 1.54) is 25.0 Å². The highest BCUT2D eigenvalue weighted by Gasteiger charge is 2.38. The summed E-state index contributed by atoms with van der Waals surface area (Å²) in [5.74, 6) is 1.25. The predicted octanol–water partition coefficient (Wildman–Crippen LogP) is 3.92. The zero-order valence-electron chi connectivity index (χ0n) is 18.8. The van der Waals surface area contributed by atoms with E-state index in [9.17, 15) is 13.6 Å². The number of anilines is 3. The lowest BCUT2D eigenvalue weighted by Crippen LogP contribution is -2.42. The van der Waals surface area contributed by atoms with Crippen LogP contribution in [0.5, 0.6) is 0 Å². The molecule has 0 radical (unpaired) electrons. The number of aromatic nitrogens is 5. The highest BCUT2D eigenvalue weighted by atomic mass is 19.3. The number of alkyl halides is 2. The molecule has 1 unspecified atom stereocenters. The standard InChI is InChI=1S/C23H26F2N8O/c1-2-17-22-31-28-12-32(22)18-11-27-23(30-21(18)33(17)15-5-3-4-6-15)29-16-8-7-13(20(26)34)9-14(16)10-19(24)25/h7-9,11-12,15,17,19H,2-6,10H2,1H3,(H2,26,34)(H,27,29,30). The third-order valence-corrected chi connectivity index (χ3v) is 6.58. The van der Waals surface area contributed by atoms with Crippen LogP contribution >= 0.6 is 0 Å². The monoisotopic (exact) mass is 468 g/mol. The average molecular weight is 469 g/mol. The molecule has 34 heavy (non-hydrogen) atoms. The molecule has 1 fully saturated rings. The third-order valence-electron chi connectivity index (χ3n) is 6.58. The average Bonchev–Trinajstić information content (AvgIpc) is 3.51. The van der Waals surface area contributed by atoms with Crippen molar-refractivity contribution in [3.05, 3.63) is 47.7 Å². The lowest BCUT2D eigenvalue weighted by atomic mass is 10.0. The Kier molecular flexibility index (Phi) is 5.84. The van der Waals surface area contributed by atoms with Crippen LogP contribution in [0.3, 0.4) is 0 Å². The van der Waals surface area contributed by atoms with Gasteiger partial charge in [0.05, 0.1) is 12.2 Å². The minimum atomic E-state index is -2.58. The van der Waals surface area contributed by atoms with Gasteiger partial charge < -0.3 is 16.0 Å². The number of halogens is 2. The fourth-order valence-electron chi connectivity index (χ4n) is 5.03. The number of hydrogen-bond donors (Lipinski definition) is 2. The first-order valence-electron chi connectivity index (χ1n) is 11.5. The molecular weight excluding hydrogens is 442 g/mol. The minimum Gasteiger partial charge on any atom is -0.366 e. The maximum atomic E-state index is 13.2. The molecule has 1 atom stereocenters. The number of nitrogens with two attached hydrogens (primary N) is 1. The van der Waals surface area contributed by atoms with Gasteiger partial charge in [0.15, 0.2) is 11.6 Å². The van der Waals surface area contributed by atoms with Crippen LogP contribution in [0.25, 0.3) is 5.69 Å². The molecule has 11 heteroatoms. The number of benzene rings is 1. The van der Waals surface area contributed by atoms with Crippen molar-refractivity contribution < 1.29 is 13.6 Å². The van der Waals surface area contributed by atoms with Crippen molar-refractivity contribution in [1.29, 1.82) is 0 Å². The first kappa shape index (κ1) is 22.2. The Bertz CT molecular complexity index is 1210. The van der Waals surface area contributed by atoms with E-state index >= 15 is 0 Å². The van der Waals surface area contributed by atoms with Gasteiger partial charge in [-0.15, -0.1) is 10.2 Å². The summed E-state index contributed by atoms with van der Waals surface area (Å²) >= 11 is 0. The van der Waals surface area contributed by atoms with Crippen molar-refractivity contribution >= 4 is 23.4 Å². The summed E-state index contributed by atoms with van der Waals surface area (Å²) in [5, 5.41) is 11.6. The van der Waals surface area contributed by atoms with Crippen LogP contribution in [0.15, 0.2) is 30.7 Å². The summed E-state index contributed by atoms with van der Waals surface area (Å²) in [5.41, 5.74) is 6.98. The summed E-state index contributed by atoms with van der Waals surface area (Å²) in [6.07, 6.45) is 5.59. The highest BCUT2D eigenvalue weighted by molar-refractivity contribution is 5.93. The van der Waals surface area contributed by atoms with Crippen LogP contribution in [-0.4, -0.2) is 43.1 Å². The second-order valence-electron chi connectivity index (χ2n) is 8.69. The number of carbonyl (C=O) groups excluding carboxylic acids is 1. The SMILES string of the molecule is CCC1c2nncn2-c2cnc(Nc3ccc(C(N)=O)cc3CC(F)F)nc2N1C1CCCC1. The molecule has 3 N–H and O–H groups in total. The van der Waals surface area contributed by atoms with Crippen LogP contribution in [0, 0.1) is 0 Å². The van der Waals surface area contributed by atoms with E-state index in [2.05, 4.69) is 32.3 Å². The van der Waals surface area contributed by atoms with E-state index in [-0.39, 0.29) is 23.1 Å². The molecule has 1 aromatic carbocycles. The van der Waals surface area contributed by atoms with Gasteiger partial charge in [0, 0.05) is 23.7 Å². The first-order chi connectivity index (χ1) is 16.5. The van der Waals surface area contributed by atoms with E-state index in [0.29, 0.717) is 11.7 Å². The summed E-state index contributed by atoms with van der Waals surface area (Å²) < 4.78 is 28.4. The van der Waals surface area contributed by atoms with E-state index < -0.39 is 18.8 Å². The van der Waals surface area contributed by atoms with E-state index in [4.69, 9.17) is 10.7 Å². The van der Waals surface area contributed by atoms with Gasteiger partial charge >= 0.3 is 0 Å². The number of primary amides is 1. The van der Waals surface area contributed by atoms with E-state index in [1.54, 1.807) is 18.6 Å². The van der Waals surface area contributed by atoms with Crippen LogP contribution in [0.1, 0.15) is 66.8 Å². The van der Waals surface area contributed by atoms with Gasteiger partial charge in [0.1, 0.15) is 12.0 Å². The molecule has 0 saturated heterocycles. The molecule has 1 amide bonds. The summed E-state index contributed by atoms with van der Waals surface area (Å²) in [4.78, 5) is 23.2. The lowest BCUT2D eigenvalue weighted by Gasteiger charge is -2.40. The molecule has 1 saturated carbocycles. The molecule has 0 spiro atoms. The molecular formula is C23H26F2N8O. The van der Waals surface area contributed by atoms with Crippen molar-refractivity contribution in [1.82, 2.24) is 24.7 Å². The van der Waals surface area contributed by atoms with Gasteiger partial charge in [-0.05, 0) is 43.0 Å². The number of nitrogens with zero attached hydrogens (tertiary/aromatic N) is 6. The Morgan fingerprint density at radius 3 is 2.79 bits per heavy atom. The van der Waals surface area contributed by atoms with Gasteiger partial charge in [-0.25, -0.2) is 13.8 Å². The van der Waals surface area contributed by atoms with Crippen molar-refractivity contribution in [2.75, 3.05) is 10.2 Å². The molecule has 2 aliphatic rings. The molecule has 2 aromatic heterocycles. The Hall–Kier alpha value is -3.63. The quantitative estimate of drug-likeness (QED) is 0.540. The number of nitrogens with one attached hydrogen (secondary N) is 1. The fraction of sp³-hybridized carbons (Fsp3) is 0.435. The molecule has 9 nitrogen and oxygen atoms in total. The highest BCUT2D eigenvalue weighted by Crippen LogP contribution is 2.42. The molecule has 5 rings (SSSR count). The maximum Gasteiger partial charge on any atom is 0.248 e. The lowest BCUT2D eigenvalue weighted by molar-refractivity contribution is 0.0999. The molecule has 0 bridgehead atoms. The van der Waals surface area contributed by atoms with Crippen LogP contribution < -0.4 is 16.0 Å². The zero-order chi connectivity index (χ0) is 23.8. The third kappa shape index (κ3) is 3.95. The second-order valence-corrected chi connectivity index (χ2v) is 8.69. The molecule has 1 aliphatic carbocycles. The van der Waals surface area contributed by atoms with Crippen molar-refractivity contribution in [3.8, 4) is 5.69 Å². The fourth-order valence-corrected chi connectivity index (χ4v) is 5.03. The van der Waals surface area contributed by atoms with Crippen molar-refractivity contribution in [3.63, 3.8) is 0 Å². The molecule has 3 aromatic rings. The number of hydrogen-bond acceptors (Lipinski definition) is 7. The summed E-state index contributed by atoms with van der Waals surface area (Å²) in [6, 6.07) is 4.81. The number of fused-ring (bicyclic) bond motifs is 3. The summed E-state index contributed by atoms with van der Waals surface area (Å²) in [6.45, 7) is 2.12. The molecule has 1 aliphatic heterocycles. The largest absolute Gasteiger partial charge is 0.366 e. The Morgan fingerprint density at radius 1 is 1.29 bits per heavy atom. The Balaban J connectivity index is 1.55. The first-order valence-corrected chi connectivity index (χ1v) is 11.5. The number of rotatable bonds is 7. The van der Waals surface area contributed by atoms with Crippen LogP contribution in [-0.2, 0) is 6.42 Å². The normalized spacial score (nSPS) is 17.6. The van der Waals surface area contributed by atoms with Crippen molar-refractivity contribution in [2.24, 2.45) is 5.73 Å². The van der Waals surface area contributed by atoms with Gasteiger partial charge in [0.25, 0.3) is 0 Å². The van der Waals surface area contributed by atoms with Gasteiger partial charge in [-0.1, -0.05) is 19.8 Å². The minimum absolute atomic E-state index is 0.0325. The maximum absolute atomic E-state index is 13.2. The second kappa shape index (κ2) is 8.96. The van der Waals surface area contributed by atoms with E-state index in [1.807, 2.05) is 4.57 Å². The van der Waals surface area contributed by atoms with Gasteiger partial charge in [-0.2, -0.15) is 4.98 Å². The van der Waals surface area contributed by atoms with Gasteiger partial charge in [-0.3, -0.25) is 9.36 Å².